The minimum Gasteiger partial charge on any atom is -0.460 e. The summed E-state index contributed by atoms with van der Waals surface area (Å²) < 4.78 is 6.30. The van der Waals surface area contributed by atoms with Gasteiger partial charge in [0.1, 0.15) is 5.60 Å². The third-order valence-corrected chi connectivity index (χ3v) is 2.97. The van der Waals surface area contributed by atoms with Gasteiger partial charge in [0, 0.05) is 17.6 Å². The molecule has 0 unspecified atom stereocenters. The molecule has 0 saturated carbocycles. The Morgan fingerprint density at radius 3 is 2.61 bits per heavy atom. The molecule has 0 amide bonds. The van der Waals surface area contributed by atoms with Crippen molar-refractivity contribution in [2.75, 3.05) is 6.54 Å². The lowest BCUT2D eigenvalue weighted by molar-refractivity contribution is -0.154. The zero-order valence-corrected chi connectivity index (χ0v) is 12.7. The molecule has 0 bridgehead atoms. The highest BCUT2D eigenvalue weighted by Gasteiger charge is 2.15. The molecule has 0 atom stereocenters. The Kier molecular flexibility index (Phi) is 5.82. The molecule has 0 saturated heterocycles. The highest BCUT2D eigenvalue weighted by atomic mass is 79.9. The van der Waals surface area contributed by atoms with E-state index in [4.69, 9.17) is 4.74 Å². The molecule has 18 heavy (non-hydrogen) atoms. The van der Waals surface area contributed by atoms with E-state index < -0.39 is 5.60 Å². The molecule has 0 aromatic heterocycles. The lowest BCUT2D eigenvalue weighted by Crippen LogP contribution is -2.26. The standard InChI is InChI=1S/C14H20BrNO2/c1-14(2,3)18-13(17)8-9-16-10-11-6-4-5-7-12(11)15/h4-7,16H,8-10H2,1-3H3. The Morgan fingerprint density at radius 1 is 1.33 bits per heavy atom. The number of nitrogens with one attached hydrogen (secondary N) is 1. The Hall–Kier alpha value is -0.870. The molecular weight excluding hydrogens is 294 g/mol. The van der Waals surface area contributed by atoms with Gasteiger partial charge in [0.05, 0.1) is 6.42 Å². The number of rotatable bonds is 5. The highest BCUT2D eigenvalue weighted by Crippen LogP contribution is 2.15. The van der Waals surface area contributed by atoms with Gasteiger partial charge in [-0.15, -0.1) is 0 Å². The molecule has 0 radical (unpaired) electrons. The van der Waals surface area contributed by atoms with E-state index in [1.165, 1.54) is 5.56 Å². The molecule has 0 aliphatic rings. The lowest BCUT2D eigenvalue weighted by atomic mass is 10.2. The van der Waals surface area contributed by atoms with E-state index in [0.717, 1.165) is 11.0 Å². The summed E-state index contributed by atoms with van der Waals surface area (Å²) in [5, 5.41) is 3.23. The first-order chi connectivity index (χ1) is 8.38. The van der Waals surface area contributed by atoms with Gasteiger partial charge in [-0.2, -0.15) is 0 Å². The molecule has 1 aromatic carbocycles. The topological polar surface area (TPSA) is 38.3 Å². The van der Waals surface area contributed by atoms with Crippen LogP contribution in [0, 0.1) is 0 Å². The molecular formula is C14H20BrNO2. The molecule has 0 heterocycles. The molecule has 0 spiro atoms. The number of carbonyl (C=O) groups is 1. The lowest BCUT2D eigenvalue weighted by Gasteiger charge is -2.19. The van der Waals surface area contributed by atoms with E-state index in [2.05, 4.69) is 21.2 Å². The van der Waals surface area contributed by atoms with Crippen LogP contribution < -0.4 is 5.32 Å². The van der Waals surface area contributed by atoms with Gasteiger partial charge in [0.15, 0.2) is 0 Å². The van der Waals surface area contributed by atoms with Crippen LogP contribution in [0.2, 0.25) is 0 Å². The molecule has 4 heteroatoms. The molecule has 1 rings (SSSR count). The number of carbonyl (C=O) groups excluding carboxylic acids is 1. The molecule has 0 aliphatic heterocycles. The van der Waals surface area contributed by atoms with Crippen LogP contribution in [0.25, 0.3) is 0 Å². The molecule has 1 aromatic rings. The normalized spacial score (nSPS) is 11.3. The van der Waals surface area contributed by atoms with E-state index in [-0.39, 0.29) is 5.97 Å². The second-order valence-electron chi connectivity index (χ2n) is 5.10. The van der Waals surface area contributed by atoms with Crippen molar-refractivity contribution in [1.29, 1.82) is 0 Å². The number of hydrogen-bond acceptors (Lipinski definition) is 3. The number of hydrogen-bond donors (Lipinski definition) is 1. The van der Waals surface area contributed by atoms with Gasteiger partial charge in [0.25, 0.3) is 0 Å². The molecule has 100 valence electrons. The Morgan fingerprint density at radius 2 is 2.00 bits per heavy atom. The molecule has 1 N–H and O–H groups in total. The first-order valence-corrected chi connectivity index (χ1v) is 6.84. The zero-order valence-electron chi connectivity index (χ0n) is 11.1. The van der Waals surface area contributed by atoms with E-state index in [1.807, 2.05) is 45.0 Å². The fourth-order valence-electron chi connectivity index (χ4n) is 1.45. The number of ether oxygens (including phenoxy) is 1. The van der Waals surface area contributed by atoms with Crippen molar-refractivity contribution in [3.05, 3.63) is 34.3 Å². The van der Waals surface area contributed by atoms with Gasteiger partial charge in [-0.25, -0.2) is 0 Å². The van der Waals surface area contributed by atoms with Crippen LogP contribution in [-0.4, -0.2) is 18.1 Å². The number of halogens is 1. The van der Waals surface area contributed by atoms with Crippen molar-refractivity contribution in [3.8, 4) is 0 Å². The van der Waals surface area contributed by atoms with E-state index in [0.29, 0.717) is 13.0 Å². The monoisotopic (exact) mass is 313 g/mol. The maximum Gasteiger partial charge on any atom is 0.307 e. The van der Waals surface area contributed by atoms with Gasteiger partial charge in [-0.3, -0.25) is 4.79 Å². The summed E-state index contributed by atoms with van der Waals surface area (Å²) >= 11 is 3.49. The maximum absolute atomic E-state index is 11.5. The maximum atomic E-state index is 11.5. The Bertz CT molecular complexity index is 399. The van der Waals surface area contributed by atoms with Crippen LogP contribution in [0.3, 0.4) is 0 Å². The zero-order chi connectivity index (χ0) is 13.6. The van der Waals surface area contributed by atoms with Crippen molar-refractivity contribution in [2.45, 2.75) is 39.3 Å². The third-order valence-electron chi connectivity index (χ3n) is 2.20. The predicted octanol–water partition coefficient (Wildman–Crippen LogP) is 3.27. The SMILES string of the molecule is CC(C)(C)OC(=O)CCNCc1ccccc1Br. The highest BCUT2D eigenvalue weighted by molar-refractivity contribution is 9.10. The fourth-order valence-corrected chi connectivity index (χ4v) is 1.87. The smallest absolute Gasteiger partial charge is 0.307 e. The van der Waals surface area contributed by atoms with Crippen LogP contribution >= 0.6 is 15.9 Å². The van der Waals surface area contributed by atoms with Gasteiger partial charge >= 0.3 is 5.97 Å². The summed E-state index contributed by atoms with van der Waals surface area (Å²) in [4.78, 5) is 11.5. The van der Waals surface area contributed by atoms with Crippen molar-refractivity contribution in [2.24, 2.45) is 0 Å². The van der Waals surface area contributed by atoms with E-state index >= 15 is 0 Å². The summed E-state index contributed by atoms with van der Waals surface area (Å²) in [6.07, 6.45) is 0.391. The minimum absolute atomic E-state index is 0.165. The van der Waals surface area contributed by atoms with Crippen LogP contribution in [0.1, 0.15) is 32.8 Å². The second kappa shape index (κ2) is 6.90. The summed E-state index contributed by atoms with van der Waals surface area (Å²) in [7, 11) is 0. The van der Waals surface area contributed by atoms with Crippen LogP contribution in [-0.2, 0) is 16.1 Å². The predicted molar refractivity (Wildman–Crippen MR) is 76.3 cm³/mol. The fraction of sp³-hybridized carbons (Fsp3) is 0.500. The summed E-state index contributed by atoms with van der Waals surface area (Å²) in [6, 6.07) is 8.03. The van der Waals surface area contributed by atoms with Crippen LogP contribution in [0.15, 0.2) is 28.7 Å². The molecule has 3 nitrogen and oxygen atoms in total. The first-order valence-electron chi connectivity index (χ1n) is 6.04. The summed E-state index contributed by atoms with van der Waals surface area (Å²) in [5.41, 5.74) is 0.779. The number of benzene rings is 1. The van der Waals surface area contributed by atoms with Crippen molar-refractivity contribution in [1.82, 2.24) is 5.32 Å². The van der Waals surface area contributed by atoms with Gasteiger partial charge in [-0.05, 0) is 32.4 Å². The van der Waals surface area contributed by atoms with Gasteiger partial charge < -0.3 is 10.1 Å². The minimum atomic E-state index is -0.403. The van der Waals surface area contributed by atoms with Crippen molar-refractivity contribution in [3.63, 3.8) is 0 Å². The Balaban J connectivity index is 2.23. The van der Waals surface area contributed by atoms with Crippen molar-refractivity contribution >= 4 is 21.9 Å². The molecule has 0 aliphatic carbocycles. The first kappa shape index (κ1) is 15.2. The van der Waals surface area contributed by atoms with E-state index in [1.54, 1.807) is 0 Å². The Labute approximate surface area is 117 Å². The van der Waals surface area contributed by atoms with Crippen LogP contribution in [0.5, 0.6) is 0 Å². The largest absolute Gasteiger partial charge is 0.460 e. The average Bonchev–Trinajstić information content (AvgIpc) is 2.24. The van der Waals surface area contributed by atoms with Crippen molar-refractivity contribution < 1.29 is 9.53 Å². The summed E-state index contributed by atoms with van der Waals surface area (Å²) in [6.45, 7) is 6.98. The summed E-state index contributed by atoms with van der Waals surface area (Å²) in [5.74, 6) is -0.165. The van der Waals surface area contributed by atoms with Gasteiger partial charge in [0.2, 0.25) is 0 Å². The van der Waals surface area contributed by atoms with Gasteiger partial charge in [-0.1, -0.05) is 34.1 Å². The van der Waals surface area contributed by atoms with E-state index in [9.17, 15) is 4.79 Å². The van der Waals surface area contributed by atoms with Crippen LogP contribution in [0.4, 0.5) is 0 Å². The molecule has 0 fully saturated rings. The average molecular weight is 314 g/mol. The quantitative estimate of drug-likeness (QED) is 0.669. The second-order valence-corrected chi connectivity index (χ2v) is 5.96. The third kappa shape index (κ3) is 6.17. The number of esters is 1.